The van der Waals surface area contributed by atoms with Gasteiger partial charge in [-0.1, -0.05) is 37.8 Å². The van der Waals surface area contributed by atoms with E-state index in [1.54, 1.807) is 38.1 Å². The van der Waals surface area contributed by atoms with Gasteiger partial charge < -0.3 is 5.11 Å². The lowest BCUT2D eigenvalue weighted by molar-refractivity contribution is -0.138. The number of rotatable bonds is 2. The lowest BCUT2D eigenvalue weighted by Gasteiger charge is -2.48. The number of Topliss-reactive ketones (excluding diaryl/α,β-unsaturated/α-hetero) is 2. The van der Waals surface area contributed by atoms with Gasteiger partial charge in [0, 0.05) is 11.8 Å². The van der Waals surface area contributed by atoms with Crippen LogP contribution < -0.4 is 0 Å². The molecule has 1 N–H and O–H groups in total. The molecule has 124 valence electrons. The van der Waals surface area contributed by atoms with E-state index in [1.807, 2.05) is 19.1 Å². The molecule has 2 aliphatic carbocycles. The van der Waals surface area contributed by atoms with Gasteiger partial charge in [-0.2, -0.15) is 0 Å². The lowest BCUT2D eigenvalue weighted by Crippen LogP contribution is -2.50. The highest BCUT2D eigenvalue weighted by atomic mass is 16.3. The SMILES string of the molecule is C=CC1=CC[C@H]2C(=O)C(C)=C(C)C(=O)[C@@]2(C)[C@H]1c1cccc(O)c1. The minimum Gasteiger partial charge on any atom is -0.508 e. The molecule has 3 nitrogen and oxygen atoms in total. The first-order chi connectivity index (χ1) is 11.3. The summed E-state index contributed by atoms with van der Waals surface area (Å²) in [6, 6.07) is 6.94. The van der Waals surface area contributed by atoms with E-state index in [0.717, 1.165) is 11.1 Å². The fourth-order valence-corrected chi connectivity index (χ4v) is 4.30. The van der Waals surface area contributed by atoms with Crippen molar-refractivity contribution in [3.8, 4) is 5.75 Å². The van der Waals surface area contributed by atoms with E-state index in [9.17, 15) is 14.7 Å². The van der Waals surface area contributed by atoms with Crippen molar-refractivity contribution in [3.05, 3.63) is 65.3 Å². The van der Waals surface area contributed by atoms with Crippen molar-refractivity contribution in [1.29, 1.82) is 0 Å². The first kappa shape index (κ1) is 16.4. The molecule has 0 heterocycles. The Morgan fingerprint density at radius 3 is 2.58 bits per heavy atom. The van der Waals surface area contributed by atoms with Gasteiger partial charge in [0.25, 0.3) is 0 Å². The number of carbonyl (C=O) groups is 2. The van der Waals surface area contributed by atoms with Crippen LogP contribution in [-0.4, -0.2) is 16.7 Å². The first-order valence-electron chi connectivity index (χ1n) is 8.20. The Kier molecular flexibility index (Phi) is 3.83. The predicted molar refractivity (Wildman–Crippen MR) is 93.7 cm³/mol. The molecular weight excluding hydrogens is 300 g/mol. The Bertz CT molecular complexity index is 812. The van der Waals surface area contributed by atoms with E-state index in [2.05, 4.69) is 6.58 Å². The Hall–Kier alpha value is -2.42. The number of phenolic OH excluding ortho intramolecular Hbond substituents is 1. The molecule has 0 spiro atoms. The maximum atomic E-state index is 13.2. The van der Waals surface area contributed by atoms with E-state index in [0.29, 0.717) is 17.6 Å². The predicted octanol–water partition coefficient (Wildman–Crippen LogP) is 4.10. The van der Waals surface area contributed by atoms with E-state index in [4.69, 9.17) is 0 Å². The Morgan fingerprint density at radius 2 is 1.96 bits per heavy atom. The minimum atomic E-state index is -0.854. The molecule has 3 atom stereocenters. The van der Waals surface area contributed by atoms with E-state index in [1.165, 1.54) is 0 Å². The van der Waals surface area contributed by atoms with Gasteiger partial charge in [-0.3, -0.25) is 9.59 Å². The van der Waals surface area contributed by atoms with Crippen LogP contribution in [0.1, 0.15) is 38.7 Å². The van der Waals surface area contributed by atoms with Gasteiger partial charge in [-0.25, -0.2) is 0 Å². The molecule has 1 aromatic rings. The van der Waals surface area contributed by atoms with Gasteiger partial charge in [0.1, 0.15) is 5.75 Å². The van der Waals surface area contributed by atoms with Crippen molar-refractivity contribution in [2.45, 2.75) is 33.1 Å². The van der Waals surface area contributed by atoms with Gasteiger partial charge in [0.15, 0.2) is 11.6 Å². The van der Waals surface area contributed by atoms with E-state index >= 15 is 0 Å². The molecule has 0 bridgehead atoms. The second kappa shape index (κ2) is 5.59. The number of phenols is 1. The minimum absolute atomic E-state index is 0.0189. The van der Waals surface area contributed by atoms with Crippen molar-refractivity contribution < 1.29 is 14.7 Å². The van der Waals surface area contributed by atoms with Crippen LogP contribution in [0, 0.1) is 11.3 Å². The van der Waals surface area contributed by atoms with Gasteiger partial charge in [-0.15, -0.1) is 0 Å². The summed E-state index contributed by atoms with van der Waals surface area (Å²) in [5, 5.41) is 9.89. The highest BCUT2D eigenvalue weighted by Gasteiger charge is 2.56. The third kappa shape index (κ3) is 2.11. The summed E-state index contributed by atoms with van der Waals surface area (Å²) in [5.41, 5.74) is 2.05. The number of hydrogen-bond acceptors (Lipinski definition) is 3. The number of aromatic hydroxyl groups is 1. The Labute approximate surface area is 142 Å². The van der Waals surface area contributed by atoms with Crippen LogP contribution in [0.3, 0.4) is 0 Å². The van der Waals surface area contributed by atoms with Crippen LogP contribution in [0.2, 0.25) is 0 Å². The molecular formula is C21H22O3. The molecule has 0 unspecified atom stereocenters. The number of carbonyl (C=O) groups excluding carboxylic acids is 2. The third-order valence-electron chi connectivity index (χ3n) is 5.76. The molecule has 3 rings (SSSR count). The van der Waals surface area contributed by atoms with Gasteiger partial charge in [0.05, 0.1) is 5.41 Å². The maximum Gasteiger partial charge on any atom is 0.166 e. The molecule has 0 radical (unpaired) electrons. The first-order valence-corrected chi connectivity index (χ1v) is 8.20. The van der Waals surface area contributed by atoms with Crippen molar-refractivity contribution >= 4 is 11.6 Å². The average molecular weight is 322 g/mol. The molecule has 24 heavy (non-hydrogen) atoms. The molecule has 0 aromatic heterocycles. The van der Waals surface area contributed by atoms with Crippen LogP contribution >= 0.6 is 0 Å². The second-order valence-corrected chi connectivity index (χ2v) is 6.95. The third-order valence-corrected chi connectivity index (χ3v) is 5.76. The molecule has 3 heteroatoms. The molecule has 0 fully saturated rings. The molecule has 0 aliphatic heterocycles. The van der Waals surface area contributed by atoms with Gasteiger partial charge in [0.2, 0.25) is 0 Å². The fraction of sp³-hybridized carbons (Fsp3) is 0.333. The topological polar surface area (TPSA) is 54.4 Å². The van der Waals surface area contributed by atoms with Crippen LogP contribution in [0.25, 0.3) is 0 Å². The number of benzene rings is 1. The molecule has 0 saturated carbocycles. The number of fused-ring (bicyclic) bond motifs is 1. The molecule has 0 saturated heterocycles. The van der Waals surface area contributed by atoms with Crippen molar-refractivity contribution in [3.63, 3.8) is 0 Å². The van der Waals surface area contributed by atoms with Gasteiger partial charge in [-0.05, 0) is 54.7 Å². The zero-order chi connectivity index (χ0) is 17.6. The van der Waals surface area contributed by atoms with Crippen LogP contribution in [-0.2, 0) is 9.59 Å². The molecule has 0 amide bonds. The summed E-state index contributed by atoms with van der Waals surface area (Å²) in [4.78, 5) is 26.1. The largest absolute Gasteiger partial charge is 0.508 e. The summed E-state index contributed by atoms with van der Waals surface area (Å²) in [7, 11) is 0. The number of ketones is 2. The van der Waals surface area contributed by atoms with E-state index in [-0.39, 0.29) is 29.2 Å². The van der Waals surface area contributed by atoms with Crippen LogP contribution in [0.5, 0.6) is 5.75 Å². The van der Waals surface area contributed by atoms with Crippen molar-refractivity contribution in [1.82, 2.24) is 0 Å². The number of allylic oxidation sites excluding steroid dienone is 5. The summed E-state index contributed by atoms with van der Waals surface area (Å²) >= 11 is 0. The smallest absolute Gasteiger partial charge is 0.166 e. The molecule has 1 aromatic carbocycles. The second-order valence-electron chi connectivity index (χ2n) is 6.95. The summed E-state index contributed by atoms with van der Waals surface area (Å²) in [6.07, 6.45) is 4.31. The maximum absolute atomic E-state index is 13.2. The lowest BCUT2D eigenvalue weighted by atomic mass is 9.52. The highest BCUT2D eigenvalue weighted by molar-refractivity contribution is 6.15. The average Bonchev–Trinajstić information content (AvgIpc) is 2.57. The zero-order valence-electron chi connectivity index (χ0n) is 14.3. The number of hydrogen-bond donors (Lipinski definition) is 1. The van der Waals surface area contributed by atoms with Gasteiger partial charge >= 0.3 is 0 Å². The van der Waals surface area contributed by atoms with Crippen molar-refractivity contribution in [2.75, 3.05) is 0 Å². The quantitative estimate of drug-likeness (QED) is 0.892. The van der Waals surface area contributed by atoms with Crippen molar-refractivity contribution in [2.24, 2.45) is 11.3 Å². The highest BCUT2D eigenvalue weighted by Crippen LogP contribution is 2.55. The molecule has 2 aliphatic rings. The standard InChI is InChI=1S/C21H22O3/c1-5-14-9-10-17-19(23)12(2)13(3)20(24)21(17,4)18(14)15-7-6-8-16(22)11-15/h5-9,11,17-18,22H,1,10H2,2-4H3/t17-,18+,21+/m0/s1. The summed E-state index contributed by atoms with van der Waals surface area (Å²) in [6.45, 7) is 9.26. The fourth-order valence-electron chi connectivity index (χ4n) is 4.30. The monoisotopic (exact) mass is 322 g/mol. The van der Waals surface area contributed by atoms with E-state index < -0.39 is 5.41 Å². The Morgan fingerprint density at radius 1 is 1.25 bits per heavy atom. The zero-order valence-corrected chi connectivity index (χ0v) is 14.3. The van der Waals surface area contributed by atoms with Crippen LogP contribution in [0.4, 0.5) is 0 Å². The summed E-state index contributed by atoms with van der Waals surface area (Å²) < 4.78 is 0. The van der Waals surface area contributed by atoms with Crippen LogP contribution in [0.15, 0.2) is 59.7 Å². The Balaban J connectivity index is 2.27. The normalized spacial score (nSPS) is 30.0. The summed E-state index contributed by atoms with van der Waals surface area (Å²) in [5.74, 6) is -0.436.